The van der Waals surface area contributed by atoms with E-state index in [1.54, 1.807) is 0 Å². The highest BCUT2D eigenvalue weighted by atomic mass is 28.3. The molecule has 32 heavy (non-hydrogen) atoms. The van der Waals surface area contributed by atoms with Crippen LogP contribution in [-0.4, -0.2) is 31.5 Å². The number of ether oxygens (including phenoxy) is 1. The molecule has 1 saturated heterocycles. The van der Waals surface area contributed by atoms with Crippen LogP contribution < -0.4 is 0 Å². The van der Waals surface area contributed by atoms with Crippen molar-refractivity contribution < 1.29 is 9.84 Å². The number of hydrogen-bond acceptors (Lipinski definition) is 2. The van der Waals surface area contributed by atoms with Gasteiger partial charge in [0.1, 0.15) is 0 Å². The molecule has 1 N–H and O–H groups in total. The summed E-state index contributed by atoms with van der Waals surface area (Å²) < 4.78 is 6.79. The fraction of sp³-hybridized carbons (Fsp3) is 0.586. The van der Waals surface area contributed by atoms with Gasteiger partial charge in [-0.15, -0.1) is 0 Å². The van der Waals surface area contributed by atoms with Crippen LogP contribution in [0, 0.1) is 5.92 Å². The van der Waals surface area contributed by atoms with Gasteiger partial charge in [-0.1, -0.05) is 101 Å². The highest BCUT2D eigenvalue weighted by molar-refractivity contribution is 6.81. The Morgan fingerprint density at radius 3 is 1.94 bits per heavy atom. The molecular weight excluding hydrogens is 408 g/mol. The molecule has 3 rings (SSSR count). The lowest BCUT2D eigenvalue weighted by atomic mass is 9.93. The molecule has 0 unspecified atom stereocenters. The zero-order valence-electron chi connectivity index (χ0n) is 21.1. The van der Waals surface area contributed by atoms with Crippen molar-refractivity contribution in [1.82, 2.24) is 0 Å². The van der Waals surface area contributed by atoms with Crippen LogP contribution in [0.5, 0.6) is 0 Å². The Balaban J connectivity index is 1.70. The minimum absolute atomic E-state index is 0.164. The Morgan fingerprint density at radius 1 is 0.875 bits per heavy atom. The van der Waals surface area contributed by atoms with E-state index in [9.17, 15) is 5.11 Å². The average molecular weight is 453 g/mol. The van der Waals surface area contributed by atoms with Crippen molar-refractivity contribution >= 4 is 8.07 Å². The summed E-state index contributed by atoms with van der Waals surface area (Å²) in [6.07, 6.45) is 4.74. The van der Waals surface area contributed by atoms with Gasteiger partial charge in [0.2, 0.25) is 0 Å². The van der Waals surface area contributed by atoms with E-state index in [-0.39, 0.29) is 18.3 Å². The normalized spacial score (nSPS) is 25.1. The van der Waals surface area contributed by atoms with Crippen molar-refractivity contribution in [3.05, 3.63) is 71.8 Å². The number of benzene rings is 2. The summed E-state index contributed by atoms with van der Waals surface area (Å²) in [7, 11) is -1.64. The third-order valence-electron chi connectivity index (χ3n) is 8.34. The van der Waals surface area contributed by atoms with Crippen LogP contribution in [0.3, 0.4) is 0 Å². The van der Waals surface area contributed by atoms with Gasteiger partial charge in [-0.2, -0.15) is 0 Å². The van der Waals surface area contributed by atoms with Gasteiger partial charge in [0, 0.05) is 0 Å². The first-order valence-electron chi connectivity index (χ1n) is 12.5. The van der Waals surface area contributed by atoms with Gasteiger partial charge in [-0.25, -0.2) is 0 Å². The van der Waals surface area contributed by atoms with Crippen molar-refractivity contribution in [1.29, 1.82) is 0 Å². The number of rotatable bonds is 9. The van der Waals surface area contributed by atoms with Crippen molar-refractivity contribution in [3.63, 3.8) is 0 Å². The fourth-order valence-electron chi connectivity index (χ4n) is 5.48. The first-order valence-corrected chi connectivity index (χ1v) is 15.6. The molecule has 0 aliphatic carbocycles. The molecule has 0 radical (unpaired) electrons. The van der Waals surface area contributed by atoms with E-state index in [2.05, 4.69) is 95.4 Å². The molecule has 1 aliphatic rings. The van der Waals surface area contributed by atoms with E-state index in [0.29, 0.717) is 16.5 Å². The smallest absolute Gasteiger partial charge is 0.0611 e. The van der Waals surface area contributed by atoms with Crippen molar-refractivity contribution in [2.75, 3.05) is 0 Å². The Bertz CT molecular complexity index is 810. The van der Waals surface area contributed by atoms with Crippen LogP contribution in [0.1, 0.15) is 58.1 Å². The van der Waals surface area contributed by atoms with Gasteiger partial charge in [0.25, 0.3) is 0 Å². The molecule has 3 heteroatoms. The quantitative estimate of drug-likeness (QED) is 0.405. The van der Waals surface area contributed by atoms with Gasteiger partial charge >= 0.3 is 0 Å². The van der Waals surface area contributed by atoms with Crippen LogP contribution >= 0.6 is 0 Å². The Labute approximate surface area is 197 Å². The standard InChI is InChI=1S/C29H44O2Si/c1-22-26(20-18-24-15-11-8-12-16-24)31-27(28(22)32(5,6)29(2,3)4)21-25(30)19-17-23-13-9-7-10-14-23/h7-16,22,25-28,30H,17-21H2,1-6H3/t22-,25-,26+,27+,28-/m1/s1. The Hall–Kier alpha value is -1.42. The SMILES string of the molecule is C[C@H]1[C@@H]([Si](C)(C)C(C)(C)C)[C@H](C[C@H](O)CCc2ccccc2)O[C@H]1CCc1ccccc1. The number of aryl methyl sites for hydroxylation is 2. The number of hydrogen-bond donors (Lipinski definition) is 1. The third-order valence-corrected chi connectivity index (χ3v) is 14.8. The summed E-state index contributed by atoms with van der Waals surface area (Å²) in [5, 5.41) is 11.3. The van der Waals surface area contributed by atoms with Crippen molar-refractivity contribution in [2.45, 2.75) is 102 Å². The summed E-state index contributed by atoms with van der Waals surface area (Å²) in [6.45, 7) is 14.7. The summed E-state index contributed by atoms with van der Waals surface area (Å²) in [6, 6.07) is 21.3. The molecule has 1 fully saturated rings. The summed E-state index contributed by atoms with van der Waals surface area (Å²) in [4.78, 5) is 0. The van der Waals surface area contributed by atoms with E-state index in [4.69, 9.17) is 4.74 Å². The van der Waals surface area contributed by atoms with Gasteiger partial charge in [0.15, 0.2) is 0 Å². The maximum atomic E-state index is 11.0. The van der Waals surface area contributed by atoms with E-state index < -0.39 is 8.07 Å². The average Bonchev–Trinajstić information content (AvgIpc) is 3.06. The molecule has 1 heterocycles. The van der Waals surface area contributed by atoms with Gasteiger partial charge in [-0.3, -0.25) is 0 Å². The van der Waals surface area contributed by atoms with Crippen LogP contribution in [0.25, 0.3) is 0 Å². The van der Waals surface area contributed by atoms with Gasteiger partial charge < -0.3 is 9.84 Å². The lowest BCUT2D eigenvalue weighted by Crippen LogP contribution is -2.47. The molecule has 0 bridgehead atoms. The molecule has 176 valence electrons. The Kier molecular flexibility index (Phi) is 8.40. The largest absolute Gasteiger partial charge is 0.393 e. The first kappa shape index (κ1) is 25.2. The van der Waals surface area contributed by atoms with Crippen LogP contribution in [0.2, 0.25) is 23.7 Å². The topological polar surface area (TPSA) is 29.5 Å². The van der Waals surface area contributed by atoms with Crippen LogP contribution in [0.15, 0.2) is 60.7 Å². The zero-order valence-corrected chi connectivity index (χ0v) is 22.1. The predicted molar refractivity (Wildman–Crippen MR) is 139 cm³/mol. The van der Waals surface area contributed by atoms with Crippen LogP contribution in [-0.2, 0) is 17.6 Å². The molecule has 2 aromatic rings. The van der Waals surface area contributed by atoms with E-state index in [1.807, 2.05) is 6.07 Å². The zero-order chi connectivity index (χ0) is 23.4. The molecule has 0 aromatic heterocycles. The monoisotopic (exact) mass is 452 g/mol. The van der Waals surface area contributed by atoms with Crippen molar-refractivity contribution in [3.8, 4) is 0 Å². The van der Waals surface area contributed by atoms with E-state index in [1.165, 1.54) is 11.1 Å². The van der Waals surface area contributed by atoms with Crippen molar-refractivity contribution in [2.24, 2.45) is 5.92 Å². The van der Waals surface area contributed by atoms with E-state index in [0.717, 1.165) is 32.1 Å². The Morgan fingerprint density at radius 2 is 1.41 bits per heavy atom. The highest BCUT2D eigenvalue weighted by Crippen LogP contribution is 2.54. The second kappa shape index (κ2) is 10.7. The van der Waals surface area contributed by atoms with Crippen LogP contribution in [0.4, 0.5) is 0 Å². The maximum Gasteiger partial charge on any atom is 0.0611 e. The summed E-state index contributed by atoms with van der Waals surface area (Å²) in [5.74, 6) is 0.533. The van der Waals surface area contributed by atoms with Gasteiger partial charge in [0.05, 0.1) is 26.4 Å². The number of aliphatic hydroxyl groups excluding tert-OH is 1. The van der Waals surface area contributed by atoms with Gasteiger partial charge in [-0.05, 0) is 59.7 Å². The minimum Gasteiger partial charge on any atom is -0.393 e. The third kappa shape index (κ3) is 6.12. The summed E-state index contributed by atoms with van der Waals surface area (Å²) in [5.41, 5.74) is 3.25. The maximum absolute atomic E-state index is 11.0. The molecule has 2 aromatic carbocycles. The lowest BCUT2D eigenvalue weighted by molar-refractivity contribution is 0.00214. The molecule has 0 amide bonds. The molecule has 5 atom stereocenters. The molecule has 2 nitrogen and oxygen atoms in total. The number of aliphatic hydroxyl groups is 1. The second-order valence-electron chi connectivity index (χ2n) is 11.5. The predicted octanol–water partition coefficient (Wildman–Crippen LogP) is 7.29. The molecular formula is C29H44O2Si. The summed E-state index contributed by atoms with van der Waals surface area (Å²) >= 11 is 0. The minimum atomic E-state index is -1.64. The molecule has 0 saturated carbocycles. The molecule has 0 spiro atoms. The molecule has 1 aliphatic heterocycles. The fourth-order valence-corrected chi connectivity index (χ4v) is 9.15. The lowest BCUT2D eigenvalue weighted by Gasteiger charge is -2.45. The highest BCUT2D eigenvalue weighted by Gasteiger charge is 2.53. The van der Waals surface area contributed by atoms with E-state index >= 15 is 0 Å². The first-order chi connectivity index (χ1) is 15.1. The second-order valence-corrected chi connectivity index (χ2v) is 17.1.